The van der Waals surface area contributed by atoms with Gasteiger partial charge in [-0.25, -0.2) is 15.2 Å². The molecule has 8 N–H and O–H groups in total. The van der Waals surface area contributed by atoms with E-state index >= 15 is 0 Å². The highest BCUT2D eigenvalue weighted by Gasteiger charge is 1.92. The summed E-state index contributed by atoms with van der Waals surface area (Å²) in [6.07, 6.45) is 29.8. The Morgan fingerprint density at radius 2 is 0.724 bits per heavy atom. The van der Waals surface area contributed by atoms with Gasteiger partial charge in [0.2, 0.25) is 0 Å². The Bertz CT molecular complexity index is 1100. The van der Waals surface area contributed by atoms with Crippen LogP contribution in [-0.2, 0) is 19.0 Å². The van der Waals surface area contributed by atoms with Crippen molar-refractivity contribution < 1.29 is 19.0 Å². The van der Waals surface area contributed by atoms with Gasteiger partial charge in [-0.3, -0.25) is 34.9 Å². The minimum Gasteiger partial charge on any atom is -0.483 e. The Morgan fingerprint density at radius 3 is 0.828 bits per heavy atom. The topological polar surface area (TPSA) is 269 Å². The van der Waals surface area contributed by atoms with Gasteiger partial charge in [0.05, 0.1) is 62.9 Å². The van der Waals surface area contributed by atoms with Crippen molar-refractivity contribution in [2.75, 3.05) is 129 Å². The van der Waals surface area contributed by atoms with Crippen molar-refractivity contribution in [2.24, 2.45) is 54.7 Å². The molecule has 12 aliphatic heterocycles. The van der Waals surface area contributed by atoms with E-state index < -0.39 is 0 Å². The fourth-order valence-electron chi connectivity index (χ4n) is 4.31. The van der Waals surface area contributed by atoms with Gasteiger partial charge in [0.15, 0.2) is 19.2 Å². The zero-order valence-electron chi connectivity index (χ0n) is 87.8. The summed E-state index contributed by atoms with van der Waals surface area (Å²) in [5, 5.41) is 16.9. The molecule has 23 nitrogen and oxygen atoms in total. The summed E-state index contributed by atoms with van der Waals surface area (Å²) in [7, 11) is 0. The fourth-order valence-corrected chi connectivity index (χ4v) is 6.06. The van der Waals surface area contributed by atoms with Gasteiger partial charge in [0.1, 0.15) is 19.8 Å². The quantitative estimate of drug-likeness (QED) is 0.105. The van der Waals surface area contributed by atoms with Crippen molar-refractivity contribution in [3.63, 3.8) is 0 Å². The molecule has 0 radical (unpaired) electrons. The van der Waals surface area contributed by atoms with E-state index in [-0.39, 0.29) is 0 Å². The summed E-state index contributed by atoms with van der Waals surface area (Å²) in [5.74, 6) is 3.68. The van der Waals surface area contributed by atoms with Gasteiger partial charge in [-0.05, 0) is 63.3 Å². The zero-order chi connectivity index (χ0) is 96.1. The molecule has 12 heterocycles. The van der Waals surface area contributed by atoms with Gasteiger partial charge in [-0.2, -0.15) is 5.10 Å². The van der Waals surface area contributed by atoms with E-state index in [4.69, 9.17) is 9.47 Å². The van der Waals surface area contributed by atoms with Crippen LogP contribution in [0.1, 0.15) is 390 Å². The third-order valence-corrected chi connectivity index (χ3v) is 9.98. The normalized spacial score (nSPS) is 13.0. The van der Waals surface area contributed by atoms with Gasteiger partial charge in [0, 0.05) is 107 Å². The van der Waals surface area contributed by atoms with Crippen LogP contribution in [0.25, 0.3) is 0 Å². The number of thioether (sulfide) groups is 2. The average Bonchev–Trinajstić information content (AvgIpc) is 2.63. The number of nitrogens with one attached hydrogen (secondary N) is 8. The molecule has 0 saturated heterocycles. The van der Waals surface area contributed by atoms with Gasteiger partial charge < -0.3 is 51.4 Å². The number of ether oxygens (including phenoxy) is 3. The van der Waals surface area contributed by atoms with E-state index in [2.05, 4.69) is 107 Å². The van der Waals surface area contributed by atoms with Crippen molar-refractivity contribution in [3.05, 3.63) is 12.3 Å². The molecule has 0 aromatic heterocycles. The monoisotopic (exact) mass is 1730 g/mol. The van der Waals surface area contributed by atoms with E-state index in [0.717, 1.165) is 137 Å². The Hall–Kier alpha value is -4.92. The molecule has 0 fully saturated rings. The number of oxime groups is 1. The molecule has 26 heteroatoms. The molecule has 0 saturated carbocycles. The van der Waals surface area contributed by atoms with Crippen LogP contribution in [0.2, 0.25) is 0 Å². The Morgan fingerprint density at radius 1 is 0.284 bits per heavy atom. The molecule has 0 aliphatic carbocycles. The van der Waals surface area contributed by atoms with Gasteiger partial charge in [-0.1, -0.05) is 344 Å². The molecule has 0 spiro atoms. The molecule has 0 amide bonds. The molecule has 0 aromatic carbocycles. The molecule has 116 heavy (non-hydrogen) atoms. The van der Waals surface area contributed by atoms with Crippen LogP contribution in [0.5, 0.6) is 0 Å². The summed E-state index contributed by atoms with van der Waals surface area (Å²) in [5.41, 5.74) is 20.7. The summed E-state index contributed by atoms with van der Waals surface area (Å²) in [4.78, 5) is 31.8. The third-order valence-electron chi connectivity index (χ3n) is 7.67. The molecule has 12 aliphatic rings. The molecule has 0 bridgehead atoms. The van der Waals surface area contributed by atoms with Crippen molar-refractivity contribution in [2.45, 2.75) is 390 Å². The first-order valence-corrected chi connectivity index (χ1v) is 50.3. The SMILES string of the molecule is C1=CNNC1.C1=NCCCN1.C1=NCCCO1.C1=NCCCS1.C1=NCCN1.C1=NCCNN1.C1=NCCO1.C1=NCCS1.C1=NNCCC1.C1=NNCCO1.C1=NOCCC1.C1=NSCCC1.CC.CC.CC.CC.CC.CC.CC.CC.CC.CC.CC.CC.CC.CC.CC.CC.CC.CC.CC.CC.CC.CC.CC.CC. The number of nitrogens with zero attached hydrogens (tertiary/aromatic N) is 11. The summed E-state index contributed by atoms with van der Waals surface area (Å²) < 4.78 is 18.1. The summed E-state index contributed by atoms with van der Waals surface area (Å²) in [6, 6.07) is 0. The highest BCUT2D eigenvalue weighted by Crippen LogP contribution is 2.09. The maximum atomic E-state index is 4.78. The van der Waals surface area contributed by atoms with Crippen LogP contribution in [0, 0.1) is 0 Å². The van der Waals surface area contributed by atoms with Crippen LogP contribution >= 0.6 is 35.5 Å². The highest BCUT2D eigenvalue weighted by atomic mass is 32.2. The third kappa shape index (κ3) is 320. The first kappa shape index (κ1) is 178. The van der Waals surface area contributed by atoms with E-state index in [1.165, 1.54) is 68.6 Å². The van der Waals surface area contributed by atoms with E-state index in [1.807, 2.05) is 368 Å². The highest BCUT2D eigenvalue weighted by molar-refractivity contribution is 8.12. The largest absolute Gasteiger partial charge is 0.483 e. The van der Waals surface area contributed by atoms with Gasteiger partial charge in [0.25, 0.3) is 0 Å². The van der Waals surface area contributed by atoms with Crippen LogP contribution in [0.3, 0.4) is 0 Å². The first-order valence-electron chi connectivity index (χ1n) is 47.3. The number of aliphatic imine (C=N–C) groups is 7. The number of hydrazine groups is 2. The predicted octanol–water partition coefficient (Wildman–Crippen LogP) is 27.6. The average molecular weight is 1730 g/mol. The van der Waals surface area contributed by atoms with Gasteiger partial charge >= 0.3 is 0 Å². The smallest absolute Gasteiger partial charge is 0.192 e. The molecule has 12 rings (SSSR count). The van der Waals surface area contributed by atoms with Crippen molar-refractivity contribution >= 4 is 103 Å². The second-order valence-corrected chi connectivity index (χ2v) is 16.3. The molecular formula is C90H223N19O4S3. The van der Waals surface area contributed by atoms with Crippen molar-refractivity contribution in [1.29, 1.82) is 0 Å². The van der Waals surface area contributed by atoms with Crippen LogP contribution in [0.4, 0.5) is 0 Å². The van der Waals surface area contributed by atoms with Crippen LogP contribution in [0.15, 0.2) is 67.0 Å². The van der Waals surface area contributed by atoms with Crippen LogP contribution in [-0.4, -0.2) is 197 Å². The summed E-state index contributed by atoms with van der Waals surface area (Å²) >= 11 is 5.25. The maximum absolute atomic E-state index is 4.78. The summed E-state index contributed by atoms with van der Waals surface area (Å²) in [6.45, 7) is 112. The minimum absolute atomic E-state index is 0.740. The van der Waals surface area contributed by atoms with Crippen molar-refractivity contribution in [3.8, 4) is 0 Å². The number of hydrogen-bond acceptors (Lipinski definition) is 26. The second kappa shape index (κ2) is 329. The molecular weight excluding hydrogens is 1510 g/mol. The number of hydrazone groups is 2. The van der Waals surface area contributed by atoms with Gasteiger partial charge in [-0.15, -0.1) is 28.6 Å². The van der Waals surface area contributed by atoms with E-state index in [1.54, 1.807) is 60.7 Å². The number of hydrogen-bond donors (Lipinski definition) is 8. The van der Waals surface area contributed by atoms with Crippen molar-refractivity contribution in [1.82, 2.24) is 43.2 Å². The Balaban J connectivity index is -0.0000000346. The maximum Gasteiger partial charge on any atom is 0.192 e. The zero-order valence-corrected chi connectivity index (χ0v) is 90.2. The lowest BCUT2D eigenvalue weighted by Gasteiger charge is -2.04. The minimum atomic E-state index is 0.740. The molecule has 0 aromatic rings. The molecule has 0 unspecified atom stereocenters. The van der Waals surface area contributed by atoms with E-state index in [0.29, 0.717) is 0 Å². The predicted molar refractivity (Wildman–Crippen MR) is 566 cm³/mol. The molecule has 720 valence electrons. The lowest BCUT2D eigenvalue weighted by Crippen LogP contribution is -2.36. The van der Waals surface area contributed by atoms with Crippen LogP contribution < -0.4 is 43.2 Å². The van der Waals surface area contributed by atoms with E-state index in [9.17, 15) is 0 Å². The fraction of sp³-hybridized carbons (Fsp3) is 0.856. The lowest BCUT2D eigenvalue weighted by atomic mass is 10.3. The Labute approximate surface area is 747 Å². The number of rotatable bonds is 0. The molecule has 0 atom stereocenters. The Kier molecular flexibility index (Phi) is 504. The first-order chi connectivity index (χ1) is 58.0. The second-order valence-electron chi connectivity index (χ2n) is 13.5. The standard InChI is InChI=1S/2C4H8N2.2C4H7NO.2C4H7NS.C3H7N3.C3H6N2O.2C3H6N2.C3H5NO.C3H5NS.24C2H6/c1-2-5-4-6-3-1;1-2-4-6-5-3-1;1-2-5-4-6-3-1;1-2-4-6-5-3-1;1-2-5-4-6-3-1;1-2-4-6-5-3-1;1-2-5-6-3-4-1;1-2-6-3-5-4-1;1-2-5-3-4-1;1-2-4-5-3-1;2*1-2-5-3-4-1;24*1-2/h4H,1-3H2,(H,5,6);3,6H,1-2,4H2;4H,1-3H2;3H,1-2,4H2;4H,1-3H2;3H,1-2,4H2;3,5H,1-2H2,(H,4,6);3-4H,1-2H2;3H,1-2H2,(H,4,5);1-2,4-5H,3H2;2*3H,1-2H2;24*1-2H3. The lowest BCUT2D eigenvalue weighted by molar-refractivity contribution is 0.134.